The predicted molar refractivity (Wildman–Crippen MR) is 113 cm³/mol. The van der Waals surface area contributed by atoms with Gasteiger partial charge in [-0.15, -0.1) is 0 Å². The fourth-order valence-electron chi connectivity index (χ4n) is 3.22. The molecule has 1 fully saturated rings. The Morgan fingerprint density at radius 1 is 1.11 bits per heavy atom. The zero-order valence-electron chi connectivity index (χ0n) is 15.9. The number of hydrogen-bond donors (Lipinski definition) is 1. The summed E-state index contributed by atoms with van der Waals surface area (Å²) in [5.41, 5.74) is 2.01. The number of carbonyl (C=O) groups excluding carboxylic acids is 1. The van der Waals surface area contributed by atoms with Crippen LogP contribution in [0.15, 0.2) is 64.5 Å². The van der Waals surface area contributed by atoms with E-state index in [1.165, 1.54) is 16.7 Å². The first-order valence-electron chi connectivity index (χ1n) is 9.53. The molecule has 5 nitrogen and oxygen atoms in total. The van der Waals surface area contributed by atoms with E-state index >= 15 is 0 Å². The van der Waals surface area contributed by atoms with Crippen molar-refractivity contribution in [3.8, 4) is 5.75 Å². The third kappa shape index (κ3) is 4.46. The van der Waals surface area contributed by atoms with Gasteiger partial charge in [0.05, 0.1) is 38.1 Å². The van der Waals surface area contributed by atoms with Gasteiger partial charge in [-0.25, -0.2) is 0 Å². The summed E-state index contributed by atoms with van der Waals surface area (Å²) in [5.74, 6) is 0.605. The zero-order chi connectivity index (χ0) is 19.3. The van der Waals surface area contributed by atoms with E-state index < -0.39 is 0 Å². The van der Waals surface area contributed by atoms with Crippen molar-refractivity contribution in [2.45, 2.75) is 6.61 Å². The van der Waals surface area contributed by atoms with E-state index in [1.54, 1.807) is 0 Å². The molecule has 0 atom stereocenters. The summed E-state index contributed by atoms with van der Waals surface area (Å²) in [7, 11) is 2.20. The third-order valence-electron chi connectivity index (χ3n) is 4.94. The maximum Gasteiger partial charge on any atom is 0.286 e. The van der Waals surface area contributed by atoms with Gasteiger partial charge in [-0.3, -0.25) is 4.79 Å². The molecule has 2 aromatic carbocycles. The van der Waals surface area contributed by atoms with E-state index in [1.807, 2.05) is 60.7 Å². The fraction of sp³-hybridized carbons (Fsp3) is 0.273. The van der Waals surface area contributed by atoms with Gasteiger partial charge in [-0.2, -0.15) is 4.99 Å². The van der Waals surface area contributed by atoms with E-state index in [0.29, 0.717) is 11.5 Å². The van der Waals surface area contributed by atoms with Crippen LogP contribution in [0.3, 0.4) is 0 Å². The molecule has 0 saturated carbocycles. The van der Waals surface area contributed by atoms with Gasteiger partial charge in [0.15, 0.2) is 5.17 Å². The minimum atomic E-state index is -0.163. The summed E-state index contributed by atoms with van der Waals surface area (Å²) in [6, 6.07) is 17.9. The lowest BCUT2D eigenvalue weighted by molar-refractivity contribution is -0.883. The Balaban J connectivity index is 1.46. The van der Waals surface area contributed by atoms with Crippen LogP contribution in [0, 0.1) is 0 Å². The Morgan fingerprint density at radius 2 is 1.82 bits per heavy atom. The maximum atomic E-state index is 12.4. The normalized spacial score (nSPS) is 19.2. The number of amides is 1. The molecule has 2 heterocycles. The standard InChI is InChI=1S/C22H23N3O2S/c1-24-11-13-25(14-12-24)22-23-21(26)20(28-22)15-18-9-5-6-10-19(18)27-16-17-7-3-2-4-8-17/h2-10,15H,11-14,16H2,1H3/p+1/b20-15-. The van der Waals surface area contributed by atoms with Gasteiger partial charge in [0.1, 0.15) is 12.4 Å². The molecule has 0 radical (unpaired) electrons. The summed E-state index contributed by atoms with van der Waals surface area (Å²) in [5, 5.41) is 0.825. The quantitative estimate of drug-likeness (QED) is 0.807. The van der Waals surface area contributed by atoms with Crippen LogP contribution < -0.4 is 9.64 Å². The van der Waals surface area contributed by atoms with E-state index in [4.69, 9.17) is 4.74 Å². The Labute approximate surface area is 169 Å². The average molecular weight is 395 g/mol. The summed E-state index contributed by atoms with van der Waals surface area (Å²) >= 11 is 1.47. The molecule has 0 bridgehead atoms. The van der Waals surface area contributed by atoms with E-state index in [9.17, 15) is 4.79 Å². The lowest BCUT2D eigenvalue weighted by atomic mass is 10.2. The van der Waals surface area contributed by atoms with Crippen LogP contribution in [0.5, 0.6) is 5.75 Å². The van der Waals surface area contributed by atoms with Crippen LogP contribution in [0.4, 0.5) is 0 Å². The Morgan fingerprint density at radius 3 is 2.61 bits per heavy atom. The smallest absolute Gasteiger partial charge is 0.286 e. The molecule has 0 aromatic heterocycles. The molecule has 144 valence electrons. The van der Waals surface area contributed by atoms with Gasteiger partial charge in [0, 0.05) is 5.56 Å². The molecular weight excluding hydrogens is 370 g/mol. The summed E-state index contributed by atoms with van der Waals surface area (Å²) < 4.78 is 6.01. The highest BCUT2D eigenvalue weighted by molar-refractivity contribution is 8.18. The highest BCUT2D eigenvalue weighted by Gasteiger charge is 2.29. The number of ether oxygens (including phenoxy) is 1. The maximum absolute atomic E-state index is 12.4. The second-order valence-electron chi connectivity index (χ2n) is 7.07. The Bertz CT molecular complexity index is 903. The Kier molecular flexibility index (Phi) is 5.78. The molecule has 1 N–H and O–H groups in total. The van der Waals surface area contributed by atoms with Crippen molar-refractivity contribution in [3.63, 3.8) is 0 Å². The largest absolute Gasteiger partial charge is 0.488 e. The predicted octanol–water partition coefficient (Wildman–Crippen LogP) is 2.07. The number of nitrogens with one attached hydrogen (secondary N) is 1. The molecule has 28 heavy (non-hydrogen) atoms. The number of rotatable bonds is 4. The molecule has 2 aliphatic rings. The van der Waals surface area contributed by atoms with Crippen molar-refractivity contribution in [3.05, 3.63) is 70.6 Å². The Hall–Kier alpha value is -2.57. The lowest BCUT2D eigenvalue weighted by Crippen LogP contribution is -3.12. The molecule has 1 saturated heterocycles. The number of quaternary nitrogens is 1. The average Bonchev–Trinajstić information content (AvgIpc) is 3.09. The number of piperazine rings is 1. The number of hydrogen-bond acceptors (Lipinski definition) is 4. The number of benzene rings is 2. The van der Waals surface area contributed by atoms with Gasteiger partial charge in [-0.1, -0.05) is 48.5 Å². The molecule has 0 aliphatic carbocycles. The fourth-order valence-corrected chi connectivity index (χ4v) is 4.18. The van der Waals surface area contributed by atoms with E-state index in [0.717, 1.165) is 48.2 Å². The van der Waals surface area contributed by atoms with Crippen molar-refractivity contribution in [2.24, 2.45) is 4.99 Å². The van der Waals surface area contributed by atoms with Crippen LogP contribution in [0.2, 0.25) is 0 Å². The summed E-state index contributed by atoms with van der Waals surface area (Å²) in [4.78, 5) is 21.1. The lowest BCUT2D eigenvalue weighted by Gasteiger charge is -2.30. The van der Waals surface area contributed by atoms with Crippen molar-refractivity contribution < 1.29 is 14.4 Å². The topological polar surface area (TPSA) is 46.3 Å². The number of nitrogens with zero attached hydrogens (tertiary/aromatic N) is 2. The van der Waals surface area contributed by atoms with Crippen LogP contribution in [-0.4, -0.2) is 49.2 Å². The summed E-state index contributed by atoms with van der Waals surface area (Å²) in [6.45, 7) is 4.52. The third-order valence-corrected chi connectivity index (χ3v) is 5.98. The number of thioether (sulfide) groups is 1. The second kappa shape index (κ2) is 8.63. The van der Waals surface area contributed by atoms with Crippen LogP contribution >= 0.6 is 11.8 Å². The van der Waals surface area contributed by atoms with Gasteiger partial charge in [-0.05, 0) is 29.5 Å². The molecule has 2 aliphatic heterocycles. The highest BCUT2D eigenvalue weighted by atomic mass is 32.2. The summed E-state index contributed by atoms with van der Waals surface area (Å²) in [6.07, 6.45) is 1.89. The first kappa shape index (κ1) is 18.8. The number of aliphatic imine (C=N–C) groups is 1. The first-order chi connectivity index (χ1) is 13.7. The van der Waals surface area contributed by atoms with Gasteiger partial charge in [0.25, 0.3) is 5.91 Å². The van der Waals surface area contributed by atoms with Gasteiger partial charge in [0.2, 0.25) is 0 Å². The minimum absolute atomic E-state index is 0.163. The molecule has 6 heteroatoms. The van der Waals surface area contributed by atoms with Crippen LogP contribution in [0.25, 0.3) is 6.08 Å². The van der Waals surface area contributed by atoms with E-state index in [2.05, 4.69) is 16.9 Å². The van der Waals surface area contributed by atoms with Crippen molar-refractivity contribution in [1.29, 1.82) is 0 Å². The zero-order valence-corrected chi connectivity index (χ0v) is 16.7. The van der Waals surface area contributed by atoms with Gasteiger partial charge >= 0.3 is 0 Å². The molecule has 1 amide bonds. The van der Waals surface area contributed by atoms with Crippen molar-refractivity contribution in [1.82, 2.24) is 4.90 Å². The van der Waals surface area contributed by atoms with Crippen molar-refractivity contribution >= 4 is 28.9 Å². The monoisotopic (exact) mass is 394 g/mol. The van der Waals surface area contributed by atoms with Gasteiger partial charge < -0.3 is 14.5 Å². The SMILES string of the molecule is C[NH+]1CCN(C2=NC(=O)/C(=C/c3ccccc3OCc3ccccc3)S2)CC1. The van der Waals surface area contributed by atoms with Crippen LogP contribution in [0.1, 0.15) is 11.1 Å². The first-order valence-corrected chi connectivity index (χ1v) is 10.4. The number of likely N-dealkylation sites (N-methyl/N-ethyl adjacent to an activating group) is 1. The highest BCUT2D eigenvalue weighted by Crippen LogP contribution is 2.32. The van der Waals surface area contributed by atoms with Crippen LogP contribution in [-0.2, 0) is 11.4 Å². The molecular formula is C22H24N3O2S+. The number of para-hydroxylation sites is 1. The second-order valence-corrected chi connectivity index (χ2v) is 8.08. The minimum Gasteiger partial charge on any atom is -0.488 e. The molecule has 2 aromatic rings. The molecule has 0 spiro atoms. The van der Waals surface area contributed by atoms with E-state index in [-0.39, 0.29) is 5.91 Å². The van der Waals surface area contributed by atoms with Crippen molar-refractivity contribution in [2.75, 3.05) is 33.2 Å². The molecule has 0 unspecified atom stereocenters. The molecule has 4 rings (SSSR count). The number of carbonyl (C=O) groups is 1. The number of amidine groups is 1.